The van der Waals surface area contributed by atoms with Gasteiger partial charge in [0.2, 0.25) is 0 Å². The van der Waals surface area contributed by atoms with Gasteiger partial charge in [0.05, 0.1) is 5.69 Å². The van der Waals surface area contributed by atoms with Crippen molar-refractivity contribution in [1.29, 1.82) is 0 Å². The molecule has 1 aliphatic carbocycles. The van der Waals surface area contributed by atoms with Gasteiger partial charge in [0, 0.05) is 6.04 Å². The first-order valence-corrected chi connectivity index (χ1v) is 7.14. The van der Waals surface area contributed by atoms with E-state index in [2.05, 4.69) is 23.1 Å². The predicted molar refractivity (Wildman–Crippen MR) is 80.3 cm³/mol. The van der Waals surface area contributed by atoms with Crippen molar-refractivity contribution < 1.29 is 4.39 Å². The van der Waals surface area contributed by atoms with E-state index >= 15 is 0 Å². The van der Waals surface area contributed by atoms with E-state index < -0.39 is 0 Å². The lowest BCUT2D eigenvalue weighted by atomic mass is 9.86. The summed E-state index contributed by atoms with van der Waals surface area (Å²) in [5.74, 6) is 0.404. The third-order valence-corrected chi connectivity index (χ3v) is 3.81. The molecule has 3 nitrogen and oxygen atoms in total. The number of halogens is 1. The Labute approximate surface area is 118 Å². The average molecular weight is 281 g/mol. The fourth-order valence-electron chi connectivity index (χ4n) is 2.40. The second-order valence-corrected chi connectivity index (χ2v) is 5.51. The lowest BCUT2D eigenvalue weighted by Gasteiger charge is -2.30. The highest BCUT2D eigenvalue weighted by atomic mass is 32.1. The van der Waals surface area contributed by atoms with Crippen LogP contribution in [0.3, 0.4) is 0 Å². The molecule has 0 aromatic heterocycles. The molecule has 0 spiro atoms. The fourth-order valence-corrected chi connectivity index (χ4v) is 2.60. The molecule has 1 aliphatic rings. The largest absolute Gasteiger partial charge is 0.358 e. The molecule has 0 heterocycles. The number of nitrogens with one attached hydrogen (secondary N) is 3. The van der Waals surface area contributed by atoms with Gasteiger partial charge in [-0.05, 0) is 55.2 Å². The van der Waals surface area contributed by atoms with Gasteiger partial charge in [0.25, 0.3) is 0 Å². The summed E-state index contributed by atoms with van der Waals surface area (Å²) in [7, 11) is 0. The molecule has 2 atom stereocenters. The van der Waals surface area contributed by atoms with Gasteiger partial charge in [-0.2, -0.15) is 0 Å². The van der Waals surface area contributed by atoms with Crippen LogP contribution in [0.2, 0.25) is 0 Å². The molecule has 5 heteroatoms. The van der Waals surface area contributed by atoms with Crippen molar-refractivity contribution in [2.75, 3.05) is 5.43 Å². The number of hydrogen-bond acceptors (Lipinski definition) is 2. The Balaban J connectivity index is 1.76. The monoisotopic (exact) mass is 281 g/mol. The zero-order valence-corrected chi connectivity index (χ0v) is 11.9. The van der Waals surface area contributed by atoms with Crippen LogP contribution in [0.15, 0.2) is 24.3 Å². The Kier molecular flexibility index (Phi) is 4.96. The van der Waals surface area contributed by atoms with Gasteiger partial charge >= 0.3 is 0 Å². The lowest BCUT2D eigenvalue weighted by molar-refractivity contribution is 0.308. The Bertz CT molecular complexity index is 421. The highest BCUT2D eigenvalue weighted by molar-refractivity contribution is 7.80. The van der Waals surface area contributed by atoms with Crippen LogP contribution >= 0.6 is 12.2 Å². The first-order chi connectivity index (χ1) is 9.15. The summed E-state index contributed by atoms with van der Waals surface area (Å²) in [6.45, 7) is 2.26. The van der Waals surface area contributed by atoms with Crippen molar-refractivity contribution in [2.24, 2.45) is 5.92 Å². The number of hydrazine groups is 1. The molecule has 1 saturated carbocycles. The maximum atomic E-state index is 12.8. The number of rotatable bonds is 3. The van der Waals surface area contributed by atoms with Crippen LogP contribution in [0.4, 0.5) is 10.1 Å². The summed E-state index contributed by atoms with van der Waals surface area (Å²) in [6.07, 6.45) is 4.99. The van der Waals surface area contributed by atoms with Gasteiger partial charge in [-0.15, -0.1) is 0 Å². The van der Waals surface area contributed by atoms with Crippen LogP contribution in [0, 0.1) is 11.7 Å². The minimum Gasteiger partial charge on any atom is -0.358 e. The van der Waals surface area contributed by atoms with Crippen LogP contribution in [0.5, 0.6) is 0 Å². The van der Waals surface area contributed by atoms with Crippen LogP contribution < -0.4 is 16.2 Å². The highest BCUT2D eigenvalue weighted by Gasteiger charge is 2.21. The normalized spacial score (nSPS) is 22.6. The van der Waals surface area contributed by atoms with Crippen LogP contribution in [0.25, 0.3) is 0 Å². The Morgan fingerprint density at radius 3 is 2.58 bits per heavy atom. The van der Waals surface area contributed by atoms with Gasteiger partial charge in [-0.25, -0.2) is 4.39 Å². The molecule has 2 rings (SSSR count). The minimum atomic E-state index is -0.248. The average Bonchev–Trinajstić information content (AvgIpc) is 2.41. The van der Waals surface area contributed by atoms with Crippen LogP contribution in [0.1, 0.15) is 32.6 Å². The maximum absolute atomic E-state index is 12.8. The number of benzene rings is 1. The maximum Gasteiger partial charge on any atom is 0.185 e. The summed E-state index contributed by atoms with van der Waals surface area (Å²) in [4.78, 5) is 0. The summed E-state index contributed by atoms with van der Waals surface area (Å²) in [6, 6.07) is 6.58. The van der Waals surface area contributed by atoms with E-state index in [9.17, 15) is 4.39 Å². The summed E-state index contributed by atoms with van der Waals surface area (Å²) in [5.41, 5.74) is 6.67. The van der Waals surface area contributed by atoms with Gasteiger partial charge in [0.1, 0.15) is 5.82 Å². The number of hydrogen-bond donors (Lipinski definition) is 3. The molecule has 0 amide bonds. The van der Waals surface area contributed by atoms with Crippen LogP contribution in [-0.4, -0.2) is 11.2 Å². The molecular formula is C14H20FN3S. The third kappa shape index (κ3) is 4.35. The van der Waals surface area contributed by atoms with E-state index in [0.29, 0.717) is 17.1 Å². The molecule has 1 fully saturated rings. The SMILES string of the molecule is C[C@@H]1CCCC[C@@H]1NC(=S)NNc1ccc(F)cc1. The van der Waals surface area contributed by atoms with Gasteiger partial charge in [0.15, 0.2) is 5.11 Å². The van der Waals surface area contributed by atoms with Gasteiger partial charge in [-0.3, -0.25) is 10.9 Å². The first-order valence-electron chi connectivity index (χ1n) is 6.73. The van der Waals surface area contributed by atoms with E-state index in [4.69, 9.17) is 12.2 Å². The molecule has 1 aromatic rings. The van der Waals surface area contributed by atoms with Crippen molar-refractivity contribution in [2.45, 2.75) is 38.6 Å². The molecule has 19 heavy (non-hydrogen) atoms. The highest BCUT2D eigenvalue weighted by Crippen LogP contribution is 2.23. The van der Waals surface area contributed by atoms with Crippen molar-refractivity contribution >= 4 is 23.0 Å². The van der Waals surface area contributed by atoms with E-state index in [0.717, 1.165) is 5.69 Å². The van der Waals surface area contributed by atoms with Crippen molar-refractivity contribution in [3.05, 3.63) is 30.1 Å². The molecule has 0 radical (unpaired) electrons. The van der Waals surface area contributed by atoms with Crippen LogP contribution in [-0.2, 0) is 0 Å². The second kappa shape index (κ2) is 6.70. The van der Waals surface area contributed by atoms with Gasteiger partial charge < -0.3 is 5.32 Å². The second-order valence-electron chi connectivity index (χ2n) is 5.10. The molecular weight excluding hydrogens is 261 g/mol. The van der Waals surface area contributed by atoms with Crippen molar-refractivity contribution in [3.8, 4) is 0 Å². The molecule has 0 aliphatic heterocycles. The first kappa shape index (κ1) is 14.1. The molecule has 1 aromatic carbocycles. The quantitative estimate of drug-likeness (QED) is 0.587. The zero-order valence-electron chi connectivity index (χ0n) is 11.1. The fraction of sp³-hybridized carbons (Fsp3) is 0.500. The van der Waals surface area contributed by atoms with Crippen molar-refractivity contribution in [1.82, 2.24) is 10.7 Å². The predicted octanol–water partition coefficient (Wildman–Crippen LogP) is 3.20. The van der Waals surface area contributed by atoms with E-state index in [1.807, 2.05) is 0 Å². The summed E-state index contributed by atoms with van der Waals surface area (Å²) in [5, 5.41) is 3.92. The van der Waals surface area contributed by atoms with Gasteiger partial charge in [-0.1, -0.05) is 19.8 Å². The van der Waals surface area contributed by atoms with E-state index in [1.165, 1.54) is 37.8 Å². The Morgan fingerprint density at radius 1 is 1.21 bits per heavy atom. The molecule has 0 bridgehead atoms. The van der Waals surface area contributed by atoms with E-state index in [1.54, 1.807) is 12.1 Å². The molecule has 0 unspecified atom stereocenters. The lowest BCUT2D eigenvalue weighted by Crippen LogP contribution is -2.47. The third-order valence-electron chi connectivity index (χ3n) is 3.59. The van der Waals surface area contributed by atoms with Crippen molar-refractivity contribution in [3.63, 3.8) is 0 Å². The summed E-state index contributed by atoms with van der Waals surface area (Å²) >= 11 is 5.25. The topological polar surface area (TPSA) is 36.1 Å². The number of thiocarbonyl (C=S) groups is 1. The Hall–Kier alpha value is -1.36. The minimum absolute atomic E-state index is 0.248. The number of anilines is 1. The molecule has 0 saturated heterocycles. The zero-order chi connectivity index (χ0) is 13.7. The summed E-state index contributed by atoms with van der Waals surface area (Å²) < 4.78 is 12.8. The van der Waals surface area contributed by atoms with E-state index in [-0.39, 0.29) is 5.82 Å². The Morgan fingerprint density at radius 2 is 1.89 bits per heavy atom. The molecule has 3 N–H and O–H groups in total. The smallest absolute Gasteiger partial charge is 0.185 e. The molecule has 104 valence electrons. The standard InChI is InChI=1S/C14H20FN3S/c1-10-4-2-3-5-13(10)16-14(19)18-17-12-8-6-11(15)7-9-12/h6-10,13,17H,2-5H2,1H3,(H2,16,18,19)/t10-,13+/m1/s1.